The molecule has 0 radical (unpaired) electrons. The number of anilines is 2. The minimum Gasteiger partial charge on any atom is -0.384 e. The lowest BCUT2D eigenvalue weighted by Crippen LogP contribution is -2.23. The lowest BCUT2D eigenvalue weighted by Gasteiger charge is -2.07. The van der Waals surface area contributed by atoms with Crippen LogP contribution in [0.15, 0.2) is 47.6 Å². The van der Waals surface area contributed by atoms with E-state index in [9.17, 15) is 9.59 Å². The predicted molar refractivity (Wildman–Crippen MR) is 107 cm³/mol. The molecule has 2 aromatic carbocycles. The van der Waals surface area contributed by atoms with Crippen LogP contribution in [0.2, 0.25) is 10.0 Å². The number of rotatable bonds is 7. The number of aryl methyl sites for hydroxylation is 1. The zero-order chi connectivity index (χ0) is 19.8. The minimum absolute atomic E-state index is 0.0780. The van der Waals surface area contributed by atoms with Gasteiger partial charge in [-0.2, -0.15) is 0 Å². The summed E-state index contributed by atoms with van der Waals surface area (Å²) in [7, 11) is 0. The highest BCUT2D eigenvalue weighted by Gasteiger charge is 2.09. The van der Waals surface area contributed by atoms with Gasteiger partial charge in [0.05, 0.1) is 17.1 Å². The molecule has 7 nitrogen and oxygen atoms in total. The predicted octanol–water partition coefficient (Wildman–Crippen LogP) is 3.56. The number of halogens is 2. The van der Waals surface area contributed by atoms with Gasteiger partial charge in [0.25, 0.3) is 5.91 Å². The van der Waals surface area contributed by atoms with Crippen molar-refractivity contribution in [1.82, 2.24) is 0 Å². The number of amidine groups is 1. The van der Waals surface area contributed by atoms with Crippen molar-refractivity contribution in [3.63, 3.8) is 0 Å². The summed E-state index contributed by atoms with van der Waals surface area (Å²) in [6.07, 6.45) is -0.208. The van der Waals surface area contributed by atoms with Gasteiger partial charge in [0, 0.05) is 10.7 Å². The molecular formula is C18H18Cl2N4O3. The van der Waals surface area contributed by atoms with E-state index in [0.29, 0.717) is 21.4 Å². The van der Waals surface area contributed by atoms with Crippen LogP contribution in [0.3, 0.4) is 0 Å². The van der Waals surface area contributed by atoms with E-state index in [1.54, 1.807) is 42.5 Å². The SMILES string of the molecule is Cc1ccc(NC(=O)CO/N=C(/N)CC(=O)Nc2ccccc2Cl)cc1Cl. The van der Waals surface area contributed by atoms with Crippen molar-refractivity contribution in [3.8, 4) is 0 Å². The van der Waals surface area contributed by atoms with Crippen LogP contribution in [0.1, 0.15) is 12.0 Å². The third-order valence-corrected chi connectivity index (χ3v) is 4.06. The molecule has 0 aromatic heterocycles. The van der Waals surface area contributed by atoms with Crippen molar-refractivity contribution in [2.24, 2.45) is 10.9 Å². The van der Waals surface area contributed by atoms with Crippen molar-refractivity contribution in [3.05, 3.63) is 58.1 Å². The van der Waals surface area contributed by atoms with Crippen LogP contribution in [0.4, 0.5) is 11.4 Å². The van der Waals surface area contributed by atoms with Crippen molar-refractivity contribution in [1.29, 1.82) is 0 Å². The Hall–Kier alpha value is -2.77. The van der Waals surface area contributed by atoms with Crippen LogP contribution in [0, 0.1) is 6.92 Å². The first-order valence-electron chi connectivity index (χ1n) is 7.90. The second-order valence-corrected chi connectivity index (χ2v) is 6.39. The average molecular weight is 409 g/mol. The van der Waals surface area contributed by atoms with Crippen LogP contribution in [0.25, 0.3) is 0 Å². The molecule has 0 saturated carbocycles. The highest BCUT2D eigenvalue weighted by atomic mass is 35.5. The summed E-state index contributed by atoms with van der Waals surface area (Å²) in [4.78, 5) is 28.6. The Balaban J connectivity index is 1.77. The summed E-state index contributed by atoms with van der Waals surface area (Å²) in [5, 5.41) is 9.72. The molecule has 2 aromatic rings. The van der Waals surface area contributed by atoms with Gasteiger partial charge in [-0.1, -0.05) is 46.6 Å². The number of amides is 2. The summed E-state index contributed by atoms with van der Waals surface area (Å²) in [5.74, 6) is -0.926. The summed E-state index contributed by atoms with van der Waals surface area (Å²) < 4.78 is 0. The van der Waals surface area contributed by atoms with Crippen molar-refractivity contribution in [2.75, 3.05) is 17.2 Å². The Morgan fingerprint density at radius 2 is 1.81 bits per heavy atom. The lowest BCUT2D eigenvalue weighted by molar-refractivity contribution is -0.120. The fourth-order valence-electron chi connectivity index (χ4n) is 2.00. The summed E-state index contributed by atoms with van der Waals surface area (Å²) in [6, 6.07) is 11.9. The first-order chi connectivity index (χ1) is 12.8. The molecule has 0 fully saturated rings. The van der Waals surface area contributed by atoms with Crippen molar-refractivity contribution >= 4 is 52.2 Å². The molecule has 0 saturated heterocycles. The minimum atomic E-state index is -0.438. The number of carbonyl (C=O) groups is 2. The van der Waals surface area contributed by atoms with E-state index in [1.807, 2.05) is 6.92 Å². The molecule has 0 aliphatic carbocycles. The Labute approximate surface area is 166 Å². The van der Waals surface area contributed by atoms with Gasteiger partial charge in [0.15, 0.2) is 6.61 Å². The maximum atomic E-state index is 11.9. The van der Waals surface area contributed by atoms with Gasteiger partial charge < -0.3 is 21.2 Å². The molecule has 4 N–H and O–H groups in total. The summed E-state index contributed by atoms with van der Waals surface area (Å²) >= 11 is 11.9. The first kappa shape index (κ1) is 20.5. The zero-order valence-corrected chi connectivity index (χ0v) is 16.0. The molecule has 0 unspecified atom stereocenters. The number of nitrogens with one attached hydrogen (secondary N) is 2. The largest absolute Gasteiger partial charge is 0.384 e. The molecule has 142 valence electrons. The van der Waals surface area contributed by atoms with Crippen LogP contribution >= 0.6 is 23.2 Å². The van der Waals surface area contributed by atoms with Crippen LogP contribution < -0.4 is 16.4 Å². The Bertz CT molecular complexity index is 871. The maximum Gasteiger partial charge on any atom is 0.265 e. The number of carbonyl (C=O) groups excluding carboxylic acids is 2. The number of nitrogens with two attached hydrogens (primary N) is 1. The third kappa shape index (κ3) is 6.80. The third-order valence-electron chi connectivity index (χ3n) is 3.32. The van der Waals surface area contributed by atoms with Gasteiger partial charge in [-0.15, -0.1) is 0 Å². The van der Waals surface area contributed by atoms with E-state index in [1.165, 1.54) is 0 Å². The van der Waals surface area contributed by atoms with Crippen LogP contribution in [0.5, 0.6) is 0 Å². The number of benzene rings is 2. The highest BCUT2D eigenvalue weighted by molar-refractivity contribution is 6.33. The zero-order valence-electron chi connectivity index (χ0n) is 14.5. The van der Waals surface area contributed by atoms with Gasteiger partial charge in [-0.25, -0.2) is 0 Å². The van der Waals surface area contributed by atoms with Crippen LogP contribution in [-0.4, -0.2) is 24.3 Å². The fraction of sp³-hybridized carbons (Fsp3) is 0.167. The molecule has 0 aliphatic rings. The highest BCUT2D eigenvalue weighted by Crippen LogP contribution is 2.21. The molecule has 2 rings (SSSR count). The molecule has 27 heavy (non-hydrogen) atoms. The summed E-state index contributed by atoms with van der Waals surface area (Å²) in [5.41, 5.74) is 7.53. The van der Waals surface area contributed by atoms with Gasteiger partial charge in [-0.05, 0) is 36.8 Å². The van der Waals surface area contributed by atoms with E-state index in [4.69, 9.17) is 33.8 Å². The second-order valence-electron chi connectivity index (χ2n) is 5.57. The van der Waals surface area contributed by atoms with Gasteiger partial charge in [0.1, 0.15) is 5.84 Å². The molecule has 0 atom stereocenters. The van der Waals surface area contributed by atoms with E-state index in [2.05, 4.69) is 15.8 Å². The fourth-order valence-corrected chi connectivity index (χ4v) is 2.36. The number of oxime groups is 1. The molecule has 9 heteroatoms. The number of nitrogens with zero attached hydrogens (tertiary/aromatic N) is 1. The molecule has 0 heterocycles. The monoisotopic (exact) mass is 408 g/mol. The standard InChI is InChI=1S/C18H18Cl2N4O3/c1-11-6-7-12(8-14(11)20)22-18(26)10-27-24-16(21)9-17(25)23-15-5-3-2-4-13(15)19/h2-8H,9-10H2,1H3,(H2,21,24)(H,22,26)(H,23,25). The Morgan fingerprint density at radius 3 is 2.52 bits per heavy atom. The van der Waals surface area contributed by atoms with Gasteiger partial charge >= 0.3 is 0 Å². The van der Waals surface area contributed by atoms with Gasteiger partial charge in [-0.3, -0.25) is 9.59 Å². The van der Waals surface area contributed by atoms with E-state index < -0.39 is 11.8 Å². The topological polar surface area (TPSA) is 106 Å². The molecule has 0 bridgehead atoms. The molecule has 0 aliphatic heterocycles. The first-order valence-corrected chi connectivity index (χ1v) is 8.65. The smallest absolute Gasteiger partial charge is 0.265 e. The van der Waals surface area contributed by atoms with Crippen LogP contribution in [-0.2, 0) is 14.4 Å². The average Bonchev–Trinajstić information content (AvgIpc) is 2.60. The van der Waals surface area contributed by atoms with Crippen molar-refractivity contribution in [2.45, 2.75) is 13.3 Å². The maximum absolute atomic E-state index is 11.9. The summed E-state index contributed by atoms with van der Waals surface area (Å²) in [6.45, 7) is 1.49. The van der Waals surface area contributed by atoms with E-state index >= 15 is 0 Å². The normalized spacial score (nSPS) is 11.0. The molecular weight excluding hydrogens is 391 g/mol. The second kappa shape index (κ2) is 9.80. The number of hydrogen-bond acceptors (Lipinski definition) is 4. The number of para-hydroxylation sites is 1. The lowest BCUT2D eigenvalue weighted by atomic mass is 10.2. The Kier molecular flexibility index (Phi) is 7.45. The Morgan fingerprint density at radius 1 is 1.07 bits per heavy atom. The van der Waals surface area contributed by atoms with E-state index in [-0.39, 0.29) is 18.9 Å². The van der Waals surface area contributed by atoms with E-state index in [0.717, 1.165) is 5.56 Å². The molecule has 2 amide bonds. The number of hydrogen-bond donors (Lipinski definition) is 3. The molecule has 0 spiro atoms. The van der Waals surface area contributed by atoms with Crippen molar-refractivity contribution < 1.29 is 14.4 Å². The van der Waals surface area contributed by atoms with Gasteiger partial charge in [0.2, 0.25) is 5.91 Å². The quantitative estimate of drug-likeness (QED) is 0.369.